The first-order valence-electron chi connectivity index (χ1n) is 8.75. The van der Waals surface area contributed by atoms with Crippen LogP contribution in [0.25, 0.3) is 0 Å². The van der Waals surface area contributed by atoms with Gasteiger partial charge in [-0.25, -0.2) is 0 Å². The van der Waals surface area contributed by atoms with Crippen LogP contribution >= 0.6 is 11.3 Å². The third-order valence-corrected chi connectivity index (χ3v) is 7.69. The van der Waals surface area contributed by atoms with Gasteiger partial charge in [-0.1, -0.05) is 11.3 Å². The van der Waals surface area contributed by atoms with Gasteiger partial charge in [0.05, 0.1) is 4.88 Å². The molecule has 1 aromatic heterocycles. The molecular weight excluding hydrogens is 278 g/mol. The van der Waals surface area contributed by atoms with Gasteiger partial charge in [-0.05, 0) is 61.7 Å². The Morgan fingerprint density at radius 2 is 1.81 bits per heavy atom. The van der Waals surface area contributed by atoms with Crippen LogP contribution in [0, 0.1) is 30.1 Å². The lowest BCUT2D eigenvalue weighted by Gasteiger charge is -2.56. The number of nitrogens with zero attached hydrogens (tertiary/aromatic N) is 1. The number of hydrogen-bond donors (Lipinski definition) is 1. The quantitative estimate of drug-likeness (QED) is 0.827. The van der Waals surface area contributed by atoms with Crippen molar-refractivity contribution in [3.8, 4) is 0 Å². The molecule has 4 aliphatic rings. The molecule has 2 nitrogen and oxygen atoms in total. The van der Waals surface area contributed by atoms with Crippen LogP contribution < -0.4 is 4.57 Å². The van der Waals surface area contributed by atoms with Crippen molar-refractivity contribution in [1.82, 2.24) is 0 Å². The molecule has 1 aromatic rings. The molecule has 5 rings (SSSR count). The minimum Gasteiger partial charge on any atom is -0.396 e. The number of aryl methyl sites for hydroxylation is 1. The van der Waals surface area contributed by atoms with Gasteiger partial charge in [0.15, 0.2) is 5.69 Å². The molecule has 1 N–H and O–H groups in total. The summed E-state index contributed by atoms with van der Waals surface area (Å²) in [6.45, 7) is 3.69. The second-order valence-corrected chi connectivity index (χ2v) is 9.01. The molecule has 4 aliphatic carbocycles. The summed E-state index contributed by atoms with van der Waals surface area (Å²) in [5, 5.41) is 9.13. The molecule has 0 spiro atoms. The molecule has 0 radical (unpaired) electrons. The van der Waals surface area contributed by atoms with Crippen LogP contribution in [-0.2, 0) is 13.0 Å². The van der Waals surface area contributed by atoms with Crippen molar-refractivity contribution in [3.63, 3.8) is 0 Å². The van der Waals surface area contributed by atoms with Crippen molar-refractivity contribution in [1.29, 1.82) is 0 Å². The van der Waals surface area contributed by atoms with Crippen LogP contribution in [0.3, 0.4) is 0 Å². The first kappa shape index (κ1) is 14.2. The summed E-state index contributed by atoms with van der Waals surface area (Å²) >= 11 is 1.82. The van der Waals surface area contributed by atoms with E-state index < -0.39 is 0 Å². The Hall–Kier alpha value is -0.410. The van der Waals surface area contributed by atoms with Crippen LogP contribution in [0.2, 0.25) is 0 Å². The van der Waals surface area contributed by atoms with E-state index in [1.54, 1.807) is 19.3 Å². The molecule has 21 heavy (non-hydrogen) atoms. The minimum absolute atomic E-state index is 0.274. The SMILES string of the molecule is Cc1c(CCO)sc[n+]1CCC12CC3CC(CC(C3)C1)C2. The second kappa shape index (κ2) is 5.34. The maximum Gasteiger partial charge on any atom is 0.225 e. The molecule has 116 valence electrons. The van der Waals surface area contributed by atoms with Gasteiger partial charge in [0, 0.05) is 26.4 Å². The standard InChI is InChI=1S/C18H28NOS/c1-13-17(2-5-20)21-12-19(13)4-3-18-9-14-6-15(10-18)8-16(7-14)11-18/h12,14-16,20H,2-11H2,1H3/q+1. The van der Waals surface area contributed by atoms with Gasteiger partial charge in [-0.3, -0.25) is 0 Å². The molecule has 3 heteroatoms. The molecule has 0 aromatic carbocycles. The van der Waals surface area contributed by atoms with Gasteiger partial charge in [-0.2, -0.15) is 4.57 Å². The lowest BCUT2D eigenvalue weighted by Crippen LogP contribution is -2.48. The molecule has 4 bridgehead atoms. The van der Waals surface area contributed by atoms with Gasteiger partial charge >= 0.3 is 0 Å². The smallest absolute Gasteiger partial charge is 0.225 e. The largest absolute Gasteiger partial charge is 0.396 e. The first-order chi connectivity index (χ1) is 10.2. The van der Waals surface area contributed by atoms with E-state index in [0.717, 1.165) is 24.2 Å². The molecule has 4 fully saturated rings. The fourth-order valence-corrected chi connectivity index (χ4v) is 6.98. The highest BCUT2D eigenvalue weighted by Gasteiger charge is 2.50. The predicted octanol–water partition coefficient (Wildman–Crippen LogP) is 3.49. The lowest BCUT2D eigenvalue weighted by molar-refractivity contribution is -0.700. The van der Waals surface area contributed by atoms with E-state index in [1.807, 2.05) is 11.3 Å². The van der Waals surface area contributed by atoms with Gasteiger partial charge in [0.1, 0.15) is 6.54 Å². The lowest BCUT2D eigenvalue weighted by atomic mass is 9.49. The van der Waals surface area contributed by atoms with Crippen LogP contribution in [0.4, 0.5) is 0 Å². The Morgan fingerprint density at radius 3 is 2.38 bits per heavy atom. The summed E-state index contributed by atoms with van der Waals surface area (Å²) in [6, 6.07) is 0. The molecule has 0 amide bonds. The second-order valence-electron chi connectivity index (χ2n) is 8.07. The third kappa shape index (κ3) is 2.57. The number of aliphatic hydroxyl groups excluding tert-OH is 1. The van der Waals surface area contributed by atoms with E-state index in [-0.39, 0.29) is 6.61 Å². The van der Waals surface area contributed by atoms with Crippen LogP contribution in [-0.4, -0.2) is 11.7 Å². The molecule has 0 unspecified atom stereocenters. The van der Waals surface area contributed by atoms with E-state index >= 15 is 0 Å². The Morgan fingerprint density at radius 1 is 1.19 bits per heavy atom. The molecule has 0 saturated heterocycles. The predicted molar refractivity (Wildman–Crippen MR) is 85.3 cm³/mol. The Bertz CT molecular complexity index is 486. The fourth-order valence-electron chi connectivity index (χ4n) is 5.97. The Balaban J connectivity index is 1.45. The fraction of sp³-hybridized carbons (Fsp3) is 0.833. The minimum atomic E-state index is 0.274. The van der Waals surface area contributed by atoms with E-state index in [0.29, 0.717) is 5.41 Å². The highest BCUT2D eigenvalue weighted by atomic mass is 32.1. The van der Waals surface area contributed by atoms with Crippen molar-refractivity contribution in [2.75, 3.05) is 6.61 Å². The number of aliphatic hydroxyl groups is 1. The monoisotopic (exact) mass is 306 g/mol. The molecule has 4 saturated carbocycles. The van der Waals surface area contributed by atoms with Crippen molar-refractivity contribution in [2.24, 2.45) is 23.2 Å². The summed E-state index contributed by atoms with van der Waals surface area (Å²) in [4.78, 5) is 1.36. The first-order valence-corrected chi connectivity index (χ1v) is 9.63. The summed E-state index contributed by atoms with van der Waals surface area (Å²) < 4.78 is 2.45. The zero-order valence-electron chi connectivity index (χ0n) is 13.2. The number of hydrogen-bond acceptors (Lipinski definition) is 2. The highest BCUT2D eigenvalue weighted by molar-refractivity contribution is 7.09. The van der Waals surface area contributed by atoms with E-state index in [2.05, 4.69) is 17.0 Å². The van der Waals surface area contributed by atoms with Crippen LogP contribution in [0.15, 0.2) is 5.51 Å². The maximum atomic E-state index is 9.13. The van der Waals surface area contributed by atoms with E-state index in [9.17, 15) is 0 Å². The summed E-state index contributed by atoms with van der Waals surface area (Å²) in [7, 11) is 0. The summed E-state index contributed by atoms with van der Waals surface area (Å²) in [5.41, 5.74) is 4.35. The Labute approximate surface area is 132 Å². The van der Waals surface area contributed by atoms with Crippen LogP contribution in [0.5, 0.6) is 0 Å². The van der Waals surface area contributed by atoms with Gasteiger partial charge in [0.25, 0.3) is 0 Å². The zero-order chi connectivity index (χ0) is 14.4. The summed E-state index contributed by atoms with van der Waals surface area (Å²) in [5.74, 6) is 3.19. The average Bonchev–Trinajstić information content (AvgIpc) is 2.77. The van der Waals surface area contributed by atoms with Crippen molar-refractivity contribution in [2.45, 2.75) is 64.8 Å². The normalized spacial score (nSPS) is 37.3. The van der Waals surface area contributed by atoms with Crippen molar-refractivity contribution in [3.05, 3.63) is 16.1 Å². The molecule has 1 heterocycles. The topological polar surface area (TPSA) is 24.1 Å². The molecule has 0 aliphatic heterocycles. The summed E-state index contributed by atoms with van der Waals surface area (Å²) in [6.07, 6.45) is 11.4. The Kier molecular flexibility index (Phi) is 3.61. The van der Waals surface area contributed by atoms with Crippen LogP contribution in [0.1, 0.15) is 55.5 Å². The third-order valence-electron chi connectivity index (χ3n) is 6.54. The van der Waals surface area contributed by atoms with Crippen molar-refractivity contribution >= 4 is 11.3 Å². The highest BCUT2D eigenvalue weighted by Crippen LogP contribution is 2.61. The van der Waals surface area contributed by atoms with E-state index in [1.165, 1.54) is 42.8 Å². The van der Waals surface area contributed by atoms with Crippen molar-refractivity contribution < 1.29 is 9.67 Å². The number of thiazole rings is 1. The number of aromatic nitrogens is 1. The zero-order valence-corrected chi connectivity index (χ0v) is 14.0. The molecule has 0 atom stereocenters. The van der Waals surface area contributed by atoms with Gasteiger partial charge in [0.2, 0.25) is 5.51 Å². The van der Waals surface area contributed by atoms with Gasteiger partial charge in [-0.15, -0.1) is 0 Å². The number of rotatable bonds is 5. The molecular formula is C18H28NOS+. The van der Waals surface area contributed by atoms with E-state index in [4.69, 9.17) is 5.11 Å². The maximum absolute atomic E-state index is 9.13. The average molecular weight is 306 g/mol. The van der Waals surface area contributed by atoms with Gasteiger partial charge < -0.3 is 5.11 Å².